The average molecular weight is 353 g/mol. The third-order valence-electron chi connectivity index (χ3n) is 3.85. The minimum absolute atomic E-state index is 0.177. The molecule has 0 atom stereocenters. The van der Waals surface area contributed by atoms with Crippen molar-refractivity contribution < 1.29 is 14.6 Å². The molecule has 2 aromatic carbocycles. The molecule has 0 unspecified atom stereocenters. The van der Waals surface area contributed by atoms with Crippen LogP contribution >= 0.6 is 15.9 Å². The summed E-state index contributed by atoms with van der Waals surface area (Å²) < 4.78 is 13.7. The molecule has 2 rings (SSSR count). The number of benzene rings is 2. The zero-order valence-electron chi connectivity index (χ0n) is 11.8. The number of aryl methyl sites for hydroxylation is 1. The van der Waals surface area contributed by atoms with Gasteiger partial charge in [0.25, 0.3) is 0 Å². The Morgan fingerprint density at radius 2 is 1.76 bits per heavy atom. The van der Waals surface area contributed by atoms with Gasteiger partial charge in [0.1, 0.15) is 5.82 Å². The van der Waals surface area contributed by atoms with Crippen LogP contribution in [0.25, 0.3) is 0 Å². The van der Waals surface area contributed by atoms with E-state index >= 15 is 0 Å². The van der Waals surface area contributed by atoms with Crippen molar-refractivity contribution in [1.29, 1.82) is 0 Å². The fraction of sp³-hybridized carbons (Fsp3) is 0.294. The van der Waals surface area contributed by atoms with Crippen molar-refractivity contribution in [2.45, 2.75) is 18.8 Å². The molecular formula is C17H18BrFO2. The molecule has 0 aliphatic rings. The fourth-order valence-corrected chi connectivity index (χ4v) is 3.06. The van der Waals surface area contributed by atoms with Gasteiger partial charge in [0, 0.05) is 5.41 Å². The first kappa shape index (κ1) is 16.1. The summed E-state index contributed by atoms with van der Waals surface area (Å²) in [6, 6.07) is 12.4. The first-order chi connectivity index (χ1) is 10.0. The van der Waals surface area contributed by atoms with Crippen molar-refractivity contribution in [2.75, 3.05) is 13.2 Å². The second-order valence-corrected chi connectivity index (χ2v) is 6.19. The van der Waals surface area contributed by atoms with E-state index in [4.69, 9.17) is 0 Å². The van der Waals surface area contributed by atoms with Crippen LogP contribution in [0.1, 0.15) is 16.7 Å². The highest BCUT2D eigenvalue weighted by atomic mass is 79.9. The third-order valence-corrected chi connectivity index (χ3v) is 4.46. The highest BCUT2D eigenvalue weighted by Crippen LogP contribution is 2.31. The number of aliphatic hydroxyl groups is 2. The van der Waals surface area contributed by atoms with Gasteiger partial charge in [0.05, 0.1) is 17.7 Å². The van der Waals surface area contributed by atoms with Crippen LogP contribution in [0.15, 0.2) is 46.9 Å². The van der Waals surface area contributed by atoms with Crippen LogP contribution in [-0.2, 0) is 11.8 Å². The van der Waals surface area contributed by atoms with Gasteiger partial charge in [-0.05, 0) is 58.1 Å². The Balaban J connectivity index is 2.43. The molecule has 112 valence electrons. The fourth-order valence-electron chi connectivity index (χ4n) is 2.64. The smallest absolute Gasteiger partial charge is 0.137 e. The Morgan fingerprint density at radius 1 is 1.10 bits per heavy atom. The van der Waals surface area contributed by atoms with E-state index in [2.05, 4.69) is 15.9 Å². The largest absolute Gasteiger partial charge is 0.395 e. The molecule has 0 spiro atoms. The number of hydrogen-bond acceptors (Lipinski definition) is 2. The van der Waals surface area contributed by atoms with Gasteiger partial charge in [-0.25, -0.2) is 4.39 Å². The standard InChI is InChI=1S/C17H18BrFO2/c1-12-4-2-3-5-14(12)17(10-20,11-21)9-13-6-7-16(19)15(18)8-13/h2-8,20-21H,9-11H2,1H3. The maximum Gasteiger partial charge on any atom is 0.137 e. The summed E-state index contributed by atoms with van der Waals surface area (Å²) in [6.45, 7) is 1.60. The lowest BCUT2D eigenvalue weighted by Gasteiger charge is -2.32. The van der Waals surface area contributed by atoms with E-state index in [0.717, 1.165) is 16.7 Å². The minimum Gasteiger partial charge on any atom is -0.395 e. The van der Waals surface area contributed by atoms with Crippen LogP contribution < -0.4 is 0 Å². The molecule has 2 N–H and O–H groups in total. The van der Waals surface area contributed by atoms with E-state index in [-0.39, 0.29) is 19.0 Å². The van der Waals surface area contributed by atoms with Crippen LogP contribution in [-0.4, -0.2) is 23.4 Å². The summed E-state index contributed by atoms with van der Waals surface area (Å²) >= 11 is 3.17. The summed E-state index contributed by atoms with van der Waals surface area (Å²) in [6.07, 6.45) is 0.434. The van der Waals surface area contributed by atoms with Gasteiger partial charge in [0.15, 0.2) is 0 Å². The van der Waals surface area contributed by atoms with E-state index in [1.807, 2.05) is 31.2 Å². The number of aliphatic hydroxyl groups excluding tert-OH is 2. The SMILES string of the molecule is Cc1ccccc1C(CO)(CO)Cc1ccc(F)c(Br)c1. The van der Waals surface area contributed by atoms with Crippen molar-refractivity contribution in [3.05, 3.63) is 69.4 Å². The Morgan fingerprint density at radius 3 is 2.33 bits per heavy atom. The predicted molar refractivity (Wildman–Crippen MR) is 84.8 cm³/mol. The molecular weight excluding hydrogens is 335 g/mol. The van der Waals surface area contributed by atoms with Gasteiger partial charge in [-0.15, -0.1) is 0 Å². The minimum atomic E-state index is -0.775. The molecule has 0 aliphatic heterocycles. The van der Waals surface area contributed by atoms with Crippen molar-refractivity contribution in [1.82, 2.24) is 0 Å². The highest BCUT2D eigenvalue weighted by molar-refractivity contribution is 9.10. The zero-order chi connectivity index (χ0) is 15.5. The second-order valence-electron chi connectivity index (χ2n) is 5.34. The Labute approximate surface area is 132 Å². The Hall–Kier alpha value is -1.23. The molecule has 0 bridgehead atoms. The summed E-state index contributed by atoms with van der Waals surface area (Å²) in [5.74, 6) is -0.326. The second kappa shape index (κ2) is 6.69. The molecule has 0 saturated heterocycles. The molecule has 0 fully saturated rings. The van der Waals surface area contributed by atoms with Gasteiger partial charge >= 0.3 is 0 Å². The van der Waals surface area contributed by atoms with Crippen molar-refractivity contribution in [2.24, 2.45) is 0 Å². The van der Waals surface area contributed by atoms with Crippen molar-refractivity contribution in [3.63, 3.8) is 0 Å². The van der Waals surface area contributed by atoms with E-state index in [9.17, 15) is 14.6 Å². The first-order valence-electron chi connectivity index (χ1n) is 6.74. The number of rotatable bonds is 5. The molecule has 0 saturated carbocycles. The quantitative estimate of drug-likeness (QED) is 0.866. The summed E-state index contributed by atoms with van der Waals surface area (Å²) in [5, 5.41) is 19.8. The lowest BCUT2D eigenvalue weighted by atomic mass is 9.75. The topological polar surface area (TPSA) is 40.5 Å². The van der Waals surface area contributed by atoms with Crippen LogP contribution in [0.3, 0.4) is 0 Å². The van der Waals surface area contributed by atoms with E-state index in [0.29, 0.717) is 10.9 Å². The lowest BCUT2D eigenvalue weighted by molar-refractivity contribution is 0.115. The lowest BCUT2D eigenvalue weighted by Crippen LogP contribution is -2.38. The molecule has 2 nitrogen and oxygen atoms in total. The molecule has 0 heterocycles. The maximum absolute atomic E-state index is 13.3. The summed E-state index contributed by atoms with van der Waals surface area (Å²) in [5.41, 5.74) is 2.01. The molecule has 21 heavy (non-hydrogen) atoms. The number of halogens is 2. The summed E-state index contributed by atoms with van der Waals surface area (Å²) in [4.78, 5) is 0. The molecule has 0 radical (unpaired) electrons. The normalized spacial score (nSPS) is 11.7. The van der Waals surface area contributed by atoms with Gasteiger partial charge in [-0.1, -0.05) is 30.3 Å². The molecule has 2 aromatic rings. The third kappa shape index (κ3) is 3.34. The van der Waals surface area contributed by atoms with Crippen LogP contribution in [0.4, 0.5) is 4.39 Å². The van der Waals surface area contributed by atoms with E-state index in [1.54, 1.807) is 12.1 Å². The Kier molecular flexibility index (Phi) is 5.14. The van der Waals surface area contributed by atoms with Gasteiger partial charge in [-0.3, -0.25) is 0 Å². The average Bonchev–Trinajstić information content (AvgIpc) is 2.49. The number of hydrogen-bond donors (Lipinski definition) is 2. The van der Waals surface area contributed by atoms with Gasteiger partial charge < -0.3 is 10.2 Å². The molecule has 0 aliphatic carbocycles. The van der Waals surface area contributed by atoms with Crippen LogP contribution in [0, 0.1) is 12.7 Å². The molecule has 4 heteroatoms. The zero-order valence-corrected chi connectivity index (χ0v) is 13.4. The van der Waals surface area contributed by atoms with Crippen molar-refractivity contribution >= 4 is 15.9 Å². The maximum atomic E-state index is 13.3. The molecule has 0 aromatic heterocycles. The predicted octanol–water partition coefficient (Wildman–Crippen LogP) is 3.36. The van der Waals surface area contributed by atoms with Crippen LogP contribution in [0.2, 0.25) is 0 Å². The summed E-state index contributed by atoms with van der Waals surface area (Å²) in [7, 11) is 0. The van der Waals surface area contributed by atoms with E-state index in [1.165, 1.54) is 6.07 Å². The molecule has 0 amide bonds. The highest BCUT2D eigenvalue weighted by Gasteiger charge is 2.32. The first-order valence-corrected chi connectivity index (χ1v) is 7.53. The monoisotopic (exact) mass is 352 g/mol. The van der Waals surface area contributed by atoms with Gasteiger partial charge in [-0.2, -0.15) is 0 Å². The Bertz CT molecular complexity index is 624. The van der Waals surface area contributed by atoms with Crippen LogP contribution in [0.5, 0.6) is 0 Å². The van der Waals surface area contributed by atoms with Crippen molar-refractivity contribution in [3.8, 4) is 0 Å². The van der Waals surface area contributed by atoms with Gasteiger partial charge in [0.2, 0.25) is 0 Å². The van der Waals surface area contributed by atoms with E-state index < -0.39 is 5.41 Å².